The molecule has 0 saturated heterocycles. The van der Waals surface area contributed by atoms with Gasteiger partial charge in [-0.25, -0.2) is 5.43 Å². The zero-order valence-corrected chi connectivity index (χ0v) is 18.6. The highest BCUT2D eigenvalue weighted by Gasteiger charge is 2.06. The highest BCUT2D eigenvalue weighted by molar-refractivity contribution is 6.35. The van der Waals surface area contributed by atoms with E-state index in [0.717, 1.165) is 27.5 Å². The lowest BCUT2D eigenvalue weighted by molar-refractivity contribution is -0.120. The van der Waals surface area contributed by atoms with Gasteiger partial charge in [0.05, 0.1) is 12.6 Å². The third kappa shape index (κ3) is 5.67. The van der Waals surface area contributed by atoms with Crippen LogP contribution in [0.25, 0.3) is 10.8 Å². The zero-order chi connectivity index (χ0) is 22.3. The number of hydrogen-bond donors (Lipinski definition) is 1. The van der Waals surface area contributed by atoms with Gasteiger partial charge in [-0.05, 0) is 46.2 Å². The van der Waals surface area contributed by atoms with Crippen LogP contribution in [0.15, 0.2) is 90.0 Å². The molecule has 1 N–H and O–H groups in total. The summed E-state index contributed by atoms with van der Waals surface area (Å²) in [6.45, 7) is 0.318. The van der Waals surface area contributed by atoms with E-state index in [1.54, 1.807) is 18.3 Å². The fraction of sp³-hybridized carbons (Fsp3) is 0.0769. The van der Waals surface area contributed by atoms with Gasteiger partial charge in [0, 0.05) is 15.6 Å². The van der Waals surface area contributed by atoms with Crippen LogP contribution in [0.3, 0.4) is 0 Å². The number of nitrogens with one attached hydrogen (secondary N) is 1. The minimum absolute atomic E-state index is 0.178. The van der Waals surface area contributed by atoms with E-state index in [1.807, 2.05) is 72.8 Å². The number of halogens is 2. The number of amides is 1. The van der Waals surface area contributed by atoms with Gasteiger partial charge in [-0.15, -0.1) is 0 Å². The summed E-state index contributed by atoms with van der Waals surface area (Å²) in [5, 5.41) is 7.41. The summed E-state index contributed by atoms with van der Waals surface area (Å²) < 4.78 is 5.82. The predicted octanol–water partition coefficient (Wildman–Crippen LogP) is 6.42. The molecule has 0 aliphatic heterocycles. The van der Waals surface area contributed by atoms with E-state index in [-0.39, 0.29) is 12.3 Å². The number of hydrazone groups is 1. The quantitative estimate of drug-likeness (QED) is 0.254. The van der Waals surface area contributed by atoms with Crippen molar-refractivity contribution in [1.82, 2.24) is 5.43 Å². The number of rotatable bonds is 7. The molecule has 160 valence electrons. The van der Waals surface area contributed by atoms with E-state index in [9.17, 15) is 4.79 Å². The average Bonchev–Trinajstić information content (AvgIpc) is 2.79. The number of hydrogen-bond acceptors (Lipinski definition) is 3. The summed E-state index contributed by atoms with van der Waals surface area (Å²) in [6, 6.07) is 26.7. The molecule has 6 heteroatoms. The molecule has 4 nitrogen and oxygen atoms in total. The molecule has 0 unspecified atom stereocenters. The molecular weight excluding hydrogens is 443 g/mol. The molecule has 0 aliphatic rings. The van der Waals surface area contributed by atoms with Gasteiger partial charge in [0.2, 0.25) is 5.91 Å². The molecule has 0 atom stereocenters. The van der Waals surface area contributed by atoms with Crippen LogP contribution in [-0.2, 0) is 17.8 Å². The molecule has 32 heavy (non-hydrogen) atoms. The maximum atomic E-state index is 12.4. The van der Waals surface area contributed by atoms with Gasteiger partial charge in [-0.1, -0.05) is 83.9 Å². The monoisotopic (exact) mass is 462 g/mol. The van der Waals surface area contributed by atoms with E-state index in [0.29, 0.717) is 22.4 Å². The second-order valence-corrected chi connectivity index (χ2v) is 8.05. The maximum Gasteiger partial charge on any atom is 0.244 e. The van der Waals surface area contributed by atoms with Crippen molar-refractivity contribution in [3.05, 3.63) is 112 Å². The molecular formula is C26H20Cl2N2O2. The summed E-state index contributed by atoms with van der Waals surface area (Å²) in [5.74, 6) is 0.490. The van der Waals surface area contributed by atoms with Gasteiger partial charge in [-0.3, -0.25) is 4.79 Å². The smallest absolute Gasteiger partial charge is 0.244 e. The predicted molar refractivity (Wildman–Crippen MR) is 131 cm³/mol. The summed E-state index contributed by atoms with van der Waals surface area (Å²) in [7, 11) is 0. The Morgan fingerprint density at radius 1 is 0.906 bits per heavy atom. The Morgan fingerprint density at radius 3 is 2.59 bits per heavy atom. The van der Waals surface area contributed by atoms with Crippen LogP contribution in [0.2, 0.25) is 10.0 Å². The van der Waals surface area contributed by atoms with E-state index in [2.05, 4.69) is 10.5 Å². The van der Waals surface area contributed by atoms with Crippen molar-refractivity contribution in [3.63, 3.8) is 0 Å². The molecule has 4 rings (SSSR count). The lowest BCUT2D eigenvalue weighted by Crippen LogP contribution is -2.19. The number of fused-ring (bicyclic) bond motifs is 1. The van der Waals surface area contributed by atoms with Crippen LogP contribution in [0.5, 0.6) is 5.75 Å². The van der Waals surface area contributed by atoms with Crippen LogP contribution < -0.4 is 10.2 Å². The number of carbonyl (C=O) groups excluding carboxylic acids is 1. The van der Waals surface area contributed by atoms with Crippen molar-refractivity contribution in [1.29, 1.82) is 0 Å². The SMILES string of the molecule is O=C(Cc1cccc2ccccc12)N/N=C\c1cccc(OCc2ccc(Cl)cc2Cl)c1. The summed E-state index contributed by atoms with van der Waals surface area (Å²) in [4.78, 5) is 12.4. The largest absolute Gasteiger partial charge is 0.489 e. The first-order valence-corrected chi connectivity index (χ1v) is 10.8. The van der Waals surface area contributed by atoms with Crippen LogP contribution in [-0.4, -0.2) is 12.1 Å². The van der Waals surface area contributed by atoms with Crippen molar-refractivity contribution in [2.24, 2.45) is 5.10 Å². The summed E-state index contributed by atoms with van der Waals surface area (Å²) in [6.07, 6.45) is 1.84. The molecule has 0 aromatic heterocycles. The van der Waals surface area contributed by atoms with Crippen molar-refractivity contribution in [2.45, 2.75) is 13.0 Å². The first-order valence-electron chi connectivity index (χ1n) is 10.0. The Kier molecular flexibility index (Phi) is 7.05. The summed E-state index contributed by atoms with van der Waals surface area (Å²) >= 11 is 12.1. The van der Waals surface area contributed by atoms with Crippen LogP contribution in [0, 0.1) is 0 Å². The molecule has 0 saturated carbocycles. The van der Waals surface area contributed by atoms with Gasteiger partial charge < -0.3 is 4.74 Å². The van der Waals surface area contributed by atoms with Gasteiger partial charge in [-0.2, -0.15) is 5.10 Å². The Morgan fingerprint density at radius 2 is 1.72 bits per heavy atom. The summed E-state index contributed by atoms with van der Waals surface area (Å²) in [5.41, 5.74) is 5.20. The number of nitrogens with zero attached hydrogens (tertiary/aromatic N) is 1. The third-order valence-corrected chi connectivity index (χ3v) is 5.49. The molecule has 0 bridgehead atoms. The Hall–Kier alpha value is -3.34. The molecule has 0 heterocycles. The second kappa shape index (κ2) is 10.3. The first-order chi connectivity index (χ1) is 15.6. The Balaban J connectivity index is 1.34. The fourth-order valence-corrected chi connectivity index (χ4v) is 3.79. The maximum absolute atomic E-state index is 12.4. The van der Waals surface area contributed by atoms with Gasteiger partial charge in [0.25, 0.3) is 0 Å². The third-order valence-electron chi connectivity index (χ3n) is 4.90. The minimum atomic E-state index is -0.178. The average molecular weight is 463 g/mol. The molecule has 0 radical (unpaired) electrons. The van der Waals surface area contributed by atoms with Crippen molar-refractivity contribution in [2.75, 3.05) is 0 Å². The van der Waals surface area contributed by atoms with Gasteiger partial charge in [0.15, 0.2) is 0 Å². The highest BCUT2D eigenvalue weighted by Crippen LogP contribution is 2.23. The van der Waals surface area contributed by atoms with E-state index >= 15 is 0 Å². The molecule has 4 aromatic carbocycles. The molecule has 1 amide bonds. The van der Waals surface area contributed by atoms with Crippen LogP contribution in [0.4, 0.5) is 0 Å². The molecule has 0 fully saturated rings. The lowest BCUT2D eigenvalue weighted by atomic mass is 10.0. The minimum Gasteiger partial charge on any atom is -0.489 e. The lowest BCUT2D eigenvalue weighted by Gasteiger charge is -2.08. The van der Waals surface area contributed by atoms with Crippen LogP contribution in [0.1, 0.15) is 16.7 Å². The van der Waals surface area contributed by atoms with E-state index < -0.39 is 0 Å². The standard InChI is InChI=1S/C26H20Cl2N2O2/c27-22-12-11-21(25(28)15-22)17-32-23-9-3-5-18(13-23)16-29-30-26(31)14-20-8-4-7-19-6-1-2-10-24(19)20/h1-13,15-16H,14,17H2,(H,30,31)/b29-16-. The van der Waals surface area contributed by atoms with Gasteiger partial charge in [0.1, 0.15) is 12.4 Å². The normalized spacial score (nSPS) is 11.1. The highest BCUT2D eigenvalue weighted by atomic mass is 35.5. The molecule has 4 aromatic rings. The van der Waals surface area contributed by atoms with Crippen LogP contribution >= 0.6 is 23.2 Å². The van der Waals surface area contributed by atoms with E-state index in [4.69, 9.17) is 27.9 Å². The fourth-order valence-electron chi connectivity index (χ4n) is 3.32. The van der Waals surface area contributed by atoms with Crippen molar-refractivity contribution < 1.29 is 9.53 Å². The Bertz CT molecular complexity index is 1280. The van der Waals surface area contributed by atoms with Gasteiger partial charge >= 0.3 is 0 Å². The number of benzene rings is 4. The topological polar surface area (TPSA) is 50.7 Å². The molecule has 0 aliphatic carbocycles. The number of ether oxygens (including phenoxy) is 1. The first kappa shape index (κ1) is 21.9. The zero-order valence-electron chi connectivity index (χ0n) is 17.1. The second-order valence-electron chi connectivity index (χ2n) is 7.21. The number of carbonyl (C=O) groups is 1. The molecule has 0 spiro atoms. The van der Waals surface area contributed by atoms with E-state index in [1.165, 1.54) is 0 Å². The van der Waals surface area contributed by atoms with Crippen molar-refractivity contribution in [3.8, 4) is 5.75 Å². The van der Waals surface area contributed by atoms with Crippen molar-refractivity contribution >= 4 is 46.1 Å². The Labute approximate surface area is 196 Å².